The lowest BCUT2D eigenvalue weighted by atomic mass is 10.2. The number of carbonyl (C=O) groups is 3. The van der Waals surface area contributed by atoms with Gasteiger partial charge in [0.2, 0.25) is 5.76 Å². The van der Waals surface area contributed by atoms with Crippen molar-refractivity contribution in [3.05, 3.63) is 77.5 Å². The van der Waals surface area contributed by atoms with Crippen LogP contribution < -0.4 is 10.5 Å². The molecule has 1 aromatic carbocycles. The Labute approximate surface area is 177 Å². The minimum absolute atomic E-state index is 0.141. The van der Waals surface area contributed by atoms with Gasteiger partial charge in [-0.25, -0.2) is 14.4 Å². The van der Waals surface area contributed by atoms with Crippen molar-refractivity contribution in [3.63, 3.8) is 0 Å². The molecule has 166 valence electrons. The lowest BCUT2D eigenvalue weighted by Gasteiger charge is -2.08. The molecular formula is C20H14F3N3O6. The first kappa shape index (κ1) is 22.3. The molecule has 0 bridgehead atoms. The van der Waals surface area contributed by atoms with Crippen molar-refractivity contribution >= 4 is 23.7 Å². The summed E-state index contributed by atoms with van der Waals surface area (Å²) in [6.07, 6.45) is -3.96. The highest BCUT2D eigenvalue weighted by Gasteiger charge is 2.42. The number of carbonyl (C=O) groups excluding carboxylic acids is 3. The molecule has 0 radical (unpaired) electrons. The quantitative estimate of drug-likeness (QED) is 0.194. The molecule has 0 amide bonds. The van der Waals surface area contributed by atoms with Crippen molar-refractivity contribution in [1.82, 2.24) is 4.57 Å². The maximum Gasteiger partial charge on any atom is 0.491 e. The molecule has 2 heterocycles. The first-order chi connectivity index (χ1) is 15.0. The highest BCUT2D eigenvalue weighted by molar-refractivity contribution is 5.97. The molecular weight excluding hydrogens is 435 g/mol. The van der Waals surface area contributed by atoms with E-state index in [2.05, 4.69) is 4.74 Å². The summed E-state index contributed by atoms with van der Waals surface area (Å²) in [5.74, 6) is -4.89. The first-order valence-electron chi connectivity index (χ1n) is 8.78. The van der Waals surface area contributed by atoms with E-state index in [-0.39, 0.29) is 35.3 Å². The first-order valence-corrected chi connectivity index (χ1v) is 8.78. The van der Waals surface area contributed by atoms with Gasteiger partial charge >= 0.3 is 24.1 Å². The summed E-state index contributed by atoms with van der Waals surface area (Å²) in [5.41, 5.74) is 5.47. The average molecular weight is 449 g/mol. The Bertz CT molecular complexity index is 1180. The molecule has 0 aliphatic carbocycles. The van der Waals surface area contributed by atoms with Crippen molar-refractivity contribution in [3.8, 4) is 5.75 Å². The molecule has 12 heteroatoms. The van der Waals surface area contributed by atoms with Gasteiger partial charge in [-0.3, -0.25) is 5.41 Å². The summed E-state index contributed by atoms with van der Waals surface area (Å²) in [4.78, 5) is 35.0. The number of furan rings is 1. The van der Waals surface area contributed by atoms with Crippen LogP contribution in [0.25, 0.3) is 0 Å². The Balaban J connectivity index is 1.66. The molecule has 9 nitrogen and oxygen atoms in total. The number of ether oxygens (including phenoxy) is 2. The fraction of sp³-hybridized carbons (Fsp3) is 0.100. The van der Waals surface area contributed by atoms with E-state index in [1.54, 1.807) is 0 Å². The Morgan fingerprint density at radius 1 is 1.03 bits per heavy atom. The van der Waals surface area contributed by atoms with Crippen molar-refractivity contribution in [1.29, 1.82) is 5.41 Å². The number of esters is 3. The van der Waals surface area contributed by atoms with Crippen LogP contribution in [-0.2, 0) is 16.1 Å². The second kappa shape index (κ2) is 8.79. The van der Waals surface area contributed by atoms with Crippen LogP contribution in [0.3, 0.4) is 0 Å². The molecule has 0 atom stereocenters. The topological polar surface area (TPSA) is 138 Å². The molecule has 2 aromatic heterocycles. The van der Waals surface area contributed by atoms with Gasteiger partial charge in [0.15, 0.2) is 0 Å². The van der Waals surface area contributed by atoms with Gasteiger partial charge in [0.05, 0.1) is 6.54 Å². The van der Waals surface area contributed by atoms with Crippen molar-refractivity contribution < 1.29 is 41.4 Å². The van der Waals surface area contributed by atoms with Crippen molar-refractivity contribution in [2.45, 2.75) is 12.7 Å². The van der Waals surface area contributed by atoms with Gasteiger partial charge < -0.3 is 24.2 Å². The summed E-state index contributed by atoms with van der Waals surface area (Å²) in [6, 6.07) is 11.1. The number of hydrogen-bond donors (Lipinski definition) is 2. The van der Waals surface area contributed by atoms with Crippen LogP contribution in [0, 0.1) is 5.41 Å². The number of aromatic nitrogens is 1. The number of hydrogen-bond acceptors (Lipinski definition) is 7. The molecule has 0 saturated heterocycles. The predicted molar refractivity (Wildman–Crippen MR) is 101 cm³/mol. The Kier molecular flexibility index (Phi) is 6.14. The fourth-order valence-electron chi connectivity index (χ4n) is 2.53. The van der Waals surface area contributed by atoms with Crippen molar-refractivity contribution in [2.24, 2.45) is 5.73 Å². The van der Waals surface area contributed by atoms with Gasteiger partial charge in [0, 0.05) is 11.8 Å². The molecule has 0 saturated carbocycles. The third kappa shape index (κ3) is 5.22. The summed E-state index contributed by atoms with van der Waals surface area (Å²) in [7, 11) is 0. The van der Waals surface area contributed by atoms with Crippen LogP contribution in [-0.4, -0.2) is 34.5 Å². The van der Waals surface area contributed by atoms with Crippen LogP contribution in [0.4, 0.5) is 13.2 Å². The van der Waals surface area contributed by atoms with E-state index < -0.39 is 24.1 Å². The smallest absolute Gasteiger partial charge is 0.452 e. The number of nitrogens with zero attached hydrogens (tertiary/aromatic N) is 1. The normalized spacial score (nSPS) is 11.1. The third-order valence-corrected chi connectivity index (χ3v) is 4.02. The van der Waals surface area contributed by atoms with Gasteiger partial charge in [-0.05, 0) is 48.5 Å². The maximum absolute atomic E-state index is 12.3. The zero-order valence-electron chi connectivity index (χ0n) is 16.0. The minimum Gasteiger partial charge on any atom is -0.452 e. The van der Waals surface area contributed by atoms with Crippen LogP contribution in [0.1, 0.15) is 32.4 Å². The predicted octanol–water partition coefficient (Wildman–Crippen LogP) is 2.88. The molecule has 3 rings (SSSR count). The van der Waals surface area contributed by atoms with Crippen LogP contribution >= 0.6 is 0 Å². The van der Waals surface area contributed by atoms with E-state index in [0.717, 1.165) is 6.07 Å². The van der Waals surface area contributed by atoms with E-state index in [4.69, 9.17) is 20.3 Å². The summed E-state index contributed by atoms with van der Waals surface area (Å²) < 4.78 is 52.4. The fourth-order valence-corrected chi connectivity index (χ4v) is 2.53. The van der Waals surface area contributed by atoms with E-state index in [0.29, 0.717) is 5.56 Å². The lowest BCUT2D eigenvalue weighted by molar-refractivity contribution is -0.193. The van der Waals surface area contributed by atoms with E-state index >= 15 is 0 Å². The zero-order valence-corrected chi connectivity index (χ0v) is 16.0. The number of nitrogens with two attached hydrogens (primary N) is 1. The lowest BCUT2D eigenvalue weighted by Crippen LogP contribution is -2.28. The summed E-state index contributed by atoms with van der Waals surface area (Å²) >= 11 is 0. The summed E-state index contributed by atoms with van der Waals surface area (Å²) in [5, 5.41) is 7.32. The van der Waals surface area contributed by atoms with Gasteiger partial charge in [0.25, 0.3) is 0 Å². The van der Waals surface area contributed by atoms with E-state index in [1.807, 2.05) is 0 Å². The van der Waals surface area contributed by atoms with Gasteiger partial charge in [-0.15, -0.1) is 0 Å². The highest BCUT2D eigenvalue weighted by Crippen LogP contribution is 2.19. The van der Waals surface area contributed by atoms with Crippen LogP contribution in [0.5, 0.6) is 5.75 Å². The third-order valence-electron chi connectivity index (χ3n) is 4.02. The Hall–Kier alpha value is -4.35. The number of rotatable bonds is 6. The molecule has 0 unspecified atom stereocenters. The second-order valence-corrected chi connectivity index (χ2v) is 6.29. The molecule has 0 aliphatic heterocycles. The Morgan fingerprint density at radius 2 is 1.72 bits per heavy atom. The van der Waals surface area contributed by atoms with Gasteiger partial charge in [0.1, 0.15) is 23.0 Å². The average Bonchev–Trinajstić information content (AvgIpc) is 3.37. The number of benzene rings is 1. The Morgan fingerprint density at radius 3 is 2.34 bits per heavy atom. The number of nitrogen functional groups attached to an aromatic ring is 1. The summed E-state index contributed by atoms with van der Waals surface area (Å²) in [6.45, 7) is -0.141. The molecule has 32 heavy (non-hydrogen) atoms. The number of halogens is 3. The molecule has 3 N–H and O–H groups in total. The van der Waals surface area contributed by atoms with E-state index in [9.17, 15) is 27.6 Å². The SMILES string of the molecule is N=C(N)c1ccc(OC(=O)c2ccc(Cn3cccc3C(=O)OC(=O)C(F)(F)F)o2)cc1. The zero-order chi connectivity index (χ0) is 23.5. The standard InChI is InChI=1S/C20H14F3N3O6/c21-20(22,23)19(29)32-17(27)14-2-1-9-26(14)10-13-7-8-15(30-13)18(28)31-12-5-3-11(4-6-12)16(24)25/h1-9H,10H2,(H3,24,25). The molecule has 0 aliphatic rings. The number of alkyl halides is 3. The van der Waals surface area contributed by atoms with Crippen LogP contribution in [0.2, 0.25) is 0 Å². The van der Waals surface area contributed by atoms with E-state index in [1.165, 1.54) is 53.2 Å². The molecule has 0 fully saturated rings. The number of amidine groups is 1. The maximum atomic E-state index is 12.3. The van der Waals surface area contributed by atoms with Gasteiger partial charge in [-0.2, -0.15) is 13.2 Å². The van der Waals surface area contributed by atoms with Crippen molar-refractivity contribution in [2.75, 3.05) is 0 Å². The monoisotopic (exact) mass is 449 g/mol. The molecule has 0 spiro atoms. The minimum atomic E-state index is -5.31. The second-order valence-electron chi connectivity index (χ2n) is 6.29. The highest BCUT2D eigenvalue weighted by atomic mass is 19.4. The van der Waals surface area contributed by atoms with Gasteiger partial charge in [-0.1, -0.05) is 0 Å². The largest absolute Gasteiger partial charge is 0.491 e. The molecule has 3 aromatic rings. The number of nitrogens with one attached hydrogen (secondary N) is 1. The van der Waals surface area contributed by atoms with Crippen LogP contribution in [0.15, 0.2) is 59.1 Å².